The van der Waals surface area contributed by atoms with Gasteiger partial charge in [0.05, 0.1) is 6.10 Å². The highest BCUT2D eigenvalue weighted by Gasteiger charge is 2.21. The van der Waals surface area contributed by atoms with Crippen LogP contribution in [0.2, 0.25) is 5.02 Å². The number of hydrogen-bond donors (Lipinski definition) is 1. The number of anilines is 1. The van der Waals surface area contributed by atoms with Gasteiger partial charge in [-0.3, -0.25) is 4.90 Å². The molecule has 1 atom stereocenters. The molecule has 3 nitrogen and oxygen atoms in total. The first kappa shape index (κ1) is 17.3. The number of aliphatic hydroxyl groups excluding tert-OH is 1. The summed E-state index contributed by atoms with van der Waals surface area (Å²) in [6.07, 6.45) is 0.572. The van der Waals surface area contributed by atoms with Crippen LogP contribution in [-0.2, 0) is 6.42 Å². The molecular formula is C20H25ClN2O. The Kier molecular flexibility index (Phi) is 5.77. The molecule has 0 saturated carbocycles. The topological polar surface area (TPSA) is 26.7 Å². The van der Waals surface area contributed by atoms with Gasteiger partial charge in [0.1, 0.15) is 0 Å². The first-order valence-electron chi connectivity index (χ1n) is 8.66. The minimum absolute atomic E-state index is 0.488. The van der Waals surface area contributed by atoms with Gasteiger partial charge in [0, 0.05) is 43.4 Å². The van der Waals surface area contributed by atoms with E-state index in [9.17, 15) is 5.11 Å². The summed E-state index contributed by atoms with van der Waals surface area (Å²) in [7, 11) is 0. The maximum Gasteiger partial charge on any atom is 0.0917 e. The van der Waals surface area contributed by atoms with Crippen molar-refractivity contribution in [2.75, 3.05) is 37.6 Å². The summed E-state index contributed by atoms with van der Waals surface area (Å²) >= 11 is 6.02. The standard InChI is InChI=1S/C20H25ClN2O/c1-2-16-6-3-4-9-19(16)23-12-10-22(11-13-23)15-20(24)17-7-5-8-18(21)14-17/h3-9,14,20,24H,2,10-13,15H2,1H3. The largest absolute Gasteiger partial charge is 0.387 e. The number of halogens is 1. The molecule has 0 bridgehead atoms. The molecule has 1 aliphatic rings. The Morgan fingerprint density at radius 2 is 1.79 bits per heavy atom. The molecule has 1 heterocycles. The quantitative estimate of drug-likeness (QED) is 0.894. The molecule has 1 fully saturated rings. The van der Waals surface area contributed by atoms with Crippen LogP contribution in [0, 0.1) is 0 Å². The number of hydrogen-bond acceptors (Lipinski definition) is 3. The van der Waals surface area contributed by atoms with E-state index in [0.717, 1.165) is 38.2 Å². The number of para-hydroxylation sites is 1. The number of nitrogens with zero attached hydrogens (tertiary/aromatic N) is 2. The minimum Gasteiger partial charge on any atom is -0.387 e. The Hall–Kier alpha value is -1.55. The van der Waals surface area contributed by atoms with Crippen LogP contribution in [0.15, 0.2) is 48.5 Å². The monoisotopic (exact) mass is 344 g/mol. The van der Waals surface area contributed by atoms with Crippen LogP contribution in [0.5, 0.6) is 0 Å². The molecule has 2 aromatic carbocycles. The predicted molar refractivity (Wildman–Crippen MR) is 101 cm³/mol. The molecule has 0 spiro atoms. The van der Waals surface area contributed by atoms with Gasteiger partial charge in [0.2, 0.25) is 0 Å². The summed E-state index contributed by atoms with van der Waals surface area (Å²) in [5, 5.41) is 11.1. The van der Waals surface area contributed by atoms with Crippen LogP contribution in [0.3, 0.4) is 0 Å². The molecule has 1 unspecified atom stereocenters. The summed E-state index contributed by atoms with van der Waals surface area (Å²) in [5.74, 6) is 0. The van der Waals surface area contributed by atoms with Gasteiger partial charge in [-0.25, -0.2) is 0 Å². The van der Waals surface area contributed by atoms with Gasteiger partial charge in [0.25, 0.3) is 0 Å². The molecule has 1 N–H and O–H groups in total. The second-order valence-electron chi connectivity index (χ2n) is 6.34. The molecule has 1 aliphatic heterocycles. The fourth-order valence-corrected chi connectivity index (χ4v) is 3.55. The smallest absolute Gasteiger partial charge is 0.0917 e. The average molecular weight is 345 g/mol. The van der Waals surface area contributed by atoms with Crippen molar-refractivity contribution < 1.29 is 5.11 Å². The fourth-order valence-electron chi connectivity index (χ4n) is 3.35. The normalized spacial score (nSPS) is 17.0. The zero-order valence-electron chi connectivity index (χ0n) is 14.2. The maximum atomic E-state index is 10.4. The van der Waals surface area contributed by atoms with Crippen LogP contribution in [0.4, 0.5) is 5.69 Å². The molecule has 128 valence electrons. The number of aliphatic hydroxyl groups is 1. The van der Waals surface area contributed by atoms with E-state index < -0.39 is 6.10 Å². The van der Waals surface area contributed by atoms with Gasteiger partial charge in [-0.15, -0.1) is 0 Å². The highest BCUT2D eigenvalue weighted by molar-refractivity contribution is 6.30. The second kappa shape index (κ2) is 8.02. The average Bonchev–Trinajstić information content (AvgIpc) is 2.62. The van der Waals surface area contributed by atoms with Crippen LogP contribution in [0.1, 0.15) is 24.2 Å². The lowest BCUT2D eigenvalue weighted by Gasteiger charge is -2.37. The maximum absolute atomic E-state index is 10.4. The minimum atomic E-state index is -0.488. The van der Waals surface area contributed by atoms with Gasteiger partial charge < -0.3 is 10.0 Å². The Balaban J connectivity index is 1.57. The van der Waals surface area contributed by atoms with Crippen molar-refractivity contribution in [3.05, 3.63) is 64.7 Å². The highest BCUT2D eigenvalue weighted by Crippen LogP contribution is 2.23. The van der Waals surface area contributed by atoms with Crippen molar-refractivity contribution in [2.24, 2.45) is 0 Å². The van der Waals surface area contributed by atoms with E-state index in [-0.39, 0.29) is 0 Å². The molecular weight excluding hydrogens is 320 g/mol. The first-order valence-corrected chi connectivity index (χ1v) is 9.04. The van der Waals surface area contributed by atoms with Gasteiger partial charge in [-0.2, -0.15) is 0 Å². The summed E-state index contributed by atoms with van der Waals surface area (Å²) in [5.41, 5.74) is 3.65. The van der Waals surface area contributed by atoms with E-state index in [1.54, 1.807) is 0 Å². The number of aryl methyl sites for hydroxylation is 1. The highest BCUT2D eigenvalue weighted by atomic mass is 35.5. The molecule has 0 aromatic heterocycles. The number of benzene rings is 2. The summed E-state index contributed by atoms with van der Waals surface area (Å²) in [4.78, 5) is 4.79. The zero-order valence-corrected chi connectivity index (χ0v) is 14.9. The van der Waals surface area contributed by atoms with Crippen LogP contribution in [0.25, 0.3) is 0 Å². The molecule has 0 amide bonds. The van der Waals surface area contributed by atoms with E-state index in [0.29, 0.717) is 11.6 Å². The Bertz CT molecular complexity index is 668. The zero-order chi connectivity index (χ0) is 16.9. The fraction of sp³-hybridized carbons (Fsp3) is 0.400. The van der Waals surface area contributed by atoms with Gasteiger partial charge in [0.15, 0.2) is 0 Å². The second-order valence-corrected chi connectivity index (χ2v) is 6.78. The Labute approximate surface area is 149 Å². The third-order valence-corrected chi connectivity index (χ3v) is 4.99. The van der Waals surface area contributed by atoms with Crippen molar-refractivity contribution in [3.63, 3.8) is 0 Å². The number of piperazine rings is 1. The number of rotatable bonds is 5. The summed E-state index contributed by atoms with van der Waals surface area (Å²) in [6.45, 7) is 6.80. The van der Waals surface area contributed by atoms with E-state index in [1.807, 2.05) is 24.3 Å². The van der Waals surface area contributed by atoms with Gasteiger partial charge in [-0.1, -0.05) is 48.9 Å². The third kappa shape index (κ3) is 4.10. The lowest BCUT2D eigenvalue weighted by molar-refractivity contribution is 0.109. The van der Waals surface area contributed by atoms with Gasteiger partial charge in [-0.05, 0) is 35.7 Å². The van der Waals surface area contributed by atoms with E-state index >= 15 is 0 Å². The summed E-state index contributed by atoms with van der Waals surface area (Å²) in [6, 6.07) is 16.2. The molecule has 24 heavy (non-hydrogen) atoms. The molecule has 4 heteroatoms. The van der Waals surface area contributed by atoms with E-state index in [1.165, 1.54) is 11.3 Å². The predicted octanol–water partition coefficient (Wildman–Crippen LogP) is 3.76. The molecule has 1 saturated heterocycles. The van der Waals surface area contributed by atoms with Crippen LogP contribution < -0.4 is 4.90 Å². The van der Waals surface area contributed by atoms with Crippen molar-refractivity contribution in [2.45, 2.75) is 19.4 Å². The Morgan fingerprint density at radius 3 is 2.50 bits per heavy atom. The van der Waals surface area contributed by atoms with Gasteiger partial charge >= 0.3 is 0 Å². The van der Waals surface area contributed by atoms with Crippen molar-refractivity contribution >= 4 is 17.3 Å². The van der Waals surface area contributed by atoms with Crippen molar-refractivity contribution in [1.82, 2.24) is 4.90 Å². The molecule has 0 aliphatic carbocycles. The van der Waals surface area contributed by atoms with Crippen molar-refractivity contribution in [3.8, 4) is 0 Å². The molecule has 2 aromatic rings. The number of β-amino-alcohol motifs (C(OH)–C–C–N with tert-alkyl or cyclic N) is 1. The Morgan fingerprint density at radius 1 is 1.04 bits per heavy atom. The van der Waals surface area contributed by atoms with E-state index in [4.69, 9.17) is 11.6 Å². The first-order chi connectivity index (χ1) is 11.7. The lowest BCUT2D eigenvalue weighted by atomic mass is 10.1. The van der Waals surface area contributed by atoms with Crippen molar-refractivity contribution in [1.29, 1.82) is 0 Å². The van der Waals surface area contributed by atoms with Crippen LogP contribution >= 0.6 is 11.6 Å². The molecule has 0 radical (unpaired) electrons. The summed E-state index contributed by atoms with van der Waals surface area (Å²) < 4.78 is 0. The SMILES string of the molecule is CCc1ccccc1N1CCN(CC(O)c2cccc(Cl)c2)CC1. The lowest BCUT2D eigenvalue weighted by Crippen LogP contribution is -2.47. The van der Waals surface area contributed by atoms with E-state index in [2.05, 4.69) is 41.0 Å². The molecule has 3 rings (SSSR count). The third-order valence-electron chi connectivity index (χ3n) is 4.75. The van der Waals surface area contributed by atoms with Crippen LogP contribution in [-0.4, -0.2) is 42.7 Å².